The summed E-state index contributed by atoms with van der Waals surface area (Å²) < 4.78 is 38.2. The Hall–Kier alpha value is -1.56. The third-order valence-corrected chi connectivity index (χ3v) is 2.93. The maximum absolute atomic E-state index is 12.2. The molecule has 0 amide bonds. The first-order chi connectivity index (χ1) is 8.37. The van der Waals surface area contributed by atoms with Gasteiger partial charge in [0.1, 0.15) is 4.99 Å². The van der Waals surface area contributed by atoms with Crippen molar-refractivity contribution in [3.8, 4) is 0 Å². The maximum atomic E-state index is 12.2. The molecule has 2 aromatic rings. The van der Waals surface area contributed by atoms with E-state index >= 15 is 0 Å². The average molecular weight is 272 g/mol. The Bertz CT molecular complexity index is 587. The van der Waals surface area contributed by atoms with Crippen LogP contribution < -0.4 is 5.73 Å². The van der Waals surface area contributed by atoms with Crippen LogP contribution in [0.4, 0.5) is 13.2 Å². The number of aromatic nitrogens is 1. The molecule has 0 atom stereocenters. The molecule has 1 heterocycles. The van der Waals surface area contributed by atoms with E-state index in [0.29, 0.717) is 11.1 Å². The van der Waals surface area contributed by atoms with E-state index in [9.17, 15) is 13.2 Å². The minimum atomic E-state index is -4.16. The van der Waals surface area contributed by atoms with Crippen LogP contribution in [0.5, 0.6) is 0 Å². The van der Waals surface area contributed by atoms with E-state index in [1.54, 1.807) is 35.0 Å². The molecule has 0 bridgehead atoms. The maximum Gasteiger partial charge on any atom is 0.390 e. The van der Waals surface area contributed by atoms with Crippen LogP contribution in [0.15, 0.2) is 30.5 Å². The van der Waals surface area contributed by atoms with E-state index in [1.807, 2.05) is 0 Å². The van der Waals surface area contributed by atoms with Crippen molar-refractivity contribution < 1.29 is 13.2 Å². The van der Waals surface area contributed by atoms with Gasteiger partial charge < -0.3 is 10.3 Å². The van der Waals surface area contributed by atoms with Gasteiger partial charge in [-0.05, 0) is 17.5 Å². The largest absolute Gasteiger partial charge is 0.390 e. The number of nitrogens with zero attached hydrogens (tertiary/aromatic N) is 1. The monoisotopic (exact) mass is 272 g/mol. The fraction of sp³-hybridized carbons (Fsp3) is 0.250. The molecule has 0 fully saturated rings. The van der Waals surface area contributed by atoms with Crippen molar-refractivity contribution in [2.75, 3.05) is 0 Å². The molecule has 0 radical (unpaired) electrons. The van der Waals surface area contributed by atoms with Crippen molar-refractivity contribution in [1.29, 1.82) is 0 Å². The molecule has 0 spiro atoms. The van der Waals surface area contributed by atoms with Gasteiger partial charge in [0, 0.05) is 23.8 Å². The van der Waals surface area contributed by atoms with E-state index in [4.69, 9.17) is 18.0 Å². The van der Waals surface area contributed by atoms with Crippen molar-refractivity contribution in [3.63, 3.8) is 0 Å². The highest BCUT2D eigenvalue weighted by atomic mass is 32.1. The Balaban J connectivity index is 2.33. The topological polar surface area (TPSA) is 30.9 Å². The highest BCUT2D eigenvalue weighted by molar-refractivity contribution is 7.80. The number of rotatable bonds is 3. The third-order valence-electron chi connectivity index (χ3n) is 2.69. The lowest BCUT2D eigenvalue weighted by molar-refractivity contribution is -0.136. The van der Waals surface area contributed by atoms with Crippen LogP contribution in [0.3, 0.4) is 0 Å². The van der Waals surface area contributed by atoms with Gasteiger partial charge in [-0.1, -0.05) is 24.4 Å². The standard InChI is InChI=1S/C12H11F3N2S/c13-12(14,15)4-6-17-5-3-8-1-2-9(11(16)18)7-10(8)17/h1-3,5,7H,4,6H2,(H2,16,18). The van der Waals surface area contributed by atoms with Crippen molar-refractivity contribution in [3.05, 3.63) is 36.0 Å². The van der Waals surface area contributed by atoms with Gasteiger partial charge in [-0.25, -0.2) is 0 Å². The number of alkyl halides is 3. The van der Waals surface area contributed by atoms with Gasteiger partial charge in [0.2, 0.25) is 0 Å². The number of thiocarbonyl (C=S) groups is 1. The van der Waals surface area contributed by atoms with Gasteiger partial charge in [0.15, 0.2) is 0 Å². The van der Waals surface area contributed by atoms with Crippen molar-refractivity contribution in [1.82, 2.24) is 4.57 Å². The smallest absolute Gasteiger partial charge is 0.389 e. The Morgan fingerprint density at radius 1 is 1.28 bits per heavy atom. The Labute approximate surface area is 107 Å². The molecule has 0 aliphatic heterocycles. The van der Waals surface area contributed by atoms with Crippen LogP contribution in [-0.2, 0) is 6.54 Å². The van der Waals surface area contributed by atoms with E-state index in [-0.39, 0.29) is 11.5 Å². The first kappa shape index (κ1) is 12.9. The summed E-state index contributed by atoms with van der Waals surface area (Å²) in [6.07, 6.45) is -3.37. The lowest BCUT2D eigenvalue weighted by Crippen LogP contribution is -2.12. The fourth-order valence-corrected chi connectivity index (χ4v) is 1.91. The first-order valence-corrected chi connectivity index (χ1v) is 5.73. The zero-order chi connectivity index (χ0) is 13.3. The van der Waals surface area contributed by atoms with E-state index < -0.39 is 12.6 Å². The van der Waals surface area contributed by atoms with Gasteiger partial charge in [-0.3, -0.25) is 0 Å². The molecule has 2 nitrogen and oxygen atoms in total. The summed E-state index contributed by atoms with van der Waals surface area (Å²) in [6, 6.07) is 7.05. The zero-order valence-electron chi connectivity index (χ0n) is 9.37. The molecule has 0 aliphatic rings. The second-order valence-corrected chi connectivity index (χ2v) is 4.45. The Kier molecular flexibility index (Phi) is 3.30. The predicted octanol–water partition coefficient (Wildman–Crippen LogP) is 3.23. The summed E-state index contributed by atoms with van der Waals surface area (Å²) in [4.78, 5) is 0.237. The predicted molar refractivity (Wildman–Crippen MR) is 68.5 cm³/mol. The quantitative estimate of drug-likeness (QED) is 0.870. The zero-order valence-corrected chi connectivity index (χ0v) is 10.2. The summed E-state index contributed by atoms with van der Waals surface area (Å²) in [7, 11) is 0. The minimum Gasteiger partial charge on any atom is -0.389 e. The summed E-state index contributed by atoms with van der Waals surface area (Å²) >= 11 is 4.85. The number of benzene rings is 1. The minimum absolute atomic E-state index is 0.103. The molecule has 2 N–H and O–H groups in total. The molecule has 6 heteroatoms. The van der Waals surface area contributed by atoms with Crippen molar-refractivity contribution >= 4 is 28.1 Å². The fourth-order valence-electron chi connectivity index (χ4n) is 1.78. The van der Waals surface area contributed by atoms with Crippen molar-refractivity contribution in [2.45, 2.75) is 19.1 Å². The van der Waals surface area contributed by atoms with Gasteiger partial charge in [-0.2, -0.15) is 13.2 Å². The van der Waals surface area contributed by atoms with E-state index in [2.05, 4.69) is 0 Å². The molecule has 0 saturated heterocycles. The number of fused-ring (bicyclic) bond motifs is 1. The number of hydrogen-bond donors (Lipinski definition) is 1. The molecule has 2 rings (SSSR count). The molecule has 0 unspecified atom stereocenters. The summed E-state index contributed by atoms with van der Waals surface area (Å²) in [5.74, 6) is 0. The van der Waals surface area contributed by atoms with Crippen LogP contribution >= 0.6 is 12.2 Å². The normalized spacial score (nSPS) is 11.9. The van der Waals surface area contributed by atoms with Crippen LogP contribution in [-0.4, -0.2) is 15.7 Å². The summed E-state index contributed by atoms with van der Waals surface area (Å²) in [6.45, 7) is -0.103. The van der Waals surface area contributed by atoms with Crippen LogP contribution in [0, 0.1) is 0 Å². The lowest BCUT2D eigenvalue weighted by atomic mass is 10.1. The molecule has 1 aromatic carbocycles. The summed E-state index contributed by atoms with van der Waals surface area (Å²) in [5, 5.41) is 0.872. The molecular weight excluding hydrogens is 261 g/mol. The number of halogens is 3. The number of nitrogens with two attached hydrogens (primary N) is 1. The molecule has 0 saturated carbocycles. The second-order valence-electron chi connectivity index (χ2n) is 4.01. The molecule has 0 aliphatic carbocycles. The summed E-state index contributed by atoms with van der Waals surface area (Å²) in [5.41, 5.74) is 6.88. The van der Waals surface area contributed by atoms with Crippen LogP contribution in [0.1, 0.15) is 12.0 Å². The second kappa shape index (κ2) is 4.61. The third kappa shape index (κ3) is 2.81. The van der Waals surface area contributed by atoms with E-state index in [0.717, 1.165) is 5.39 Å². The SMILES string of the molecule is NC(=S)c1ccc2ccn(CCC(F)(F)F)c2c1. The van der Waals surface area contributed by atoms with Gasteiger partial charge in [0.25, 0.3) is 0 Å². The Morgan fingerprint density at radius 2 is 2.00 bits per heavy atom. The lowest BCUT2D eigenvalue weighted by Gasteiger charge is -2.09. The van der Waals surface area contributed by atoms with Crippen molar-refractivity contribution in [2.24, 2.45) is 5.73 Å². The van der Waals surface area contributed by atoms with Gasteiger partial charge in [-0.15, -0.1) is 0 Å². The molecule has 18 heavy (non-hydrogen) atoms. The molecule has 1 aromatic heterocycles. The van der Waals surface area contributed by atoms with E-state index in [1.165, 1.54) is 0 Å². The molecular formula is C12H11F3N2S. The molecule has 96 valence electrons. The highest BCUT2D eigenvalue weighted by Gasteiger charge is 2.26. The first-order valence-electron chi connectivity index (χ1n) is 5.32. The van der Waals surface area contributed by atoms with Crippen LogP contribution in [0.25, 0.3) is 10.9 Å². The average Bonchev–Trinajstić information content (AvgIpc) is 2.67. The van der Waals surface area contributed by atoms with Gasteiger partial charge in [0.05, 0.1) is 6.42 Å². The Morgan fingerprint density at radius 3 is 2.61 bits per heavy atom. The highest BCUT2D eigenvalue weighted by Crippen LogP contribution is 2.23. The van der Waals surface area contributed by atoms with Gasteiger partial charge >= 0.3 is 6.18 Å². The number of hydrogen-bond acceptors (Lipinski definition) is 1. The van der Waals surface area contributed by atoms with Crippen LogP contribution in [0.2, 0.25) is 0 Å². The number of aryl methyl sites for hydroxylation is 1.